The number of nitrogens with two attached hydrogens (primary N) is 2. The van der Waals surface area contributed by atoms with Crippen LogP contribution in [0.15, 0.2) is 35.2 Å². The Kier molecular flexibility index (Phi) is 4.13. The van der Waals surface area contributed by atoms with Crippen LogP contribution in [0.5, 0.6) is 11.5 Å². The maximum absolute atomic E-state index is 11.6. The van der Waals surface area contributed by atoms with E-state index in [1.165, 1.54) is 12.1 Å². The number of nitrogen functional groups attached to an aromatic ring is 1. The predicted octanol–water partition coefficient (Wildman–Crippen LogP) is 2.98. The Morgan fingerprint density at radius 1 is 1.10 bits per heavy atom. The molecule has 0 saturated carbocycles. The predicted molar refractivity (Wildman–Crippen MR) is 83.2 cm³/mol. The van der Waals surface area contributed by atoms with E-state index in [-0.39, 0.29) is 16.3 Å². The molecular weight excluding hydrogens is 312 g/mol. The first-order valence-corrected chi connectivity index (χ1v) is 7.98. The van der Waals surface area contributed by atoms with E-state index >= 15 is 0 Å². The molecule has 112 valence electrons. The number of halogens is 1. The van der Waals surface area contributed by atoms with E-state index in [0.717, 1.165) is 11.1 Å². The third-order valence-corrected chi connectivity index (χ3v) is 4.44. The molecule has 0 aliphatic rings. The molecule has 0 bridgehead atoms. The van der Waals surface area contributed by atoms with E-state index in [9.17, 15) is 8.42 Å². The van der Waals surface area contributed by atoms with E-state index in [1.807, 2.05) is 13.8 Å². The van der Waals surface area contributed by atoms with E-state index in [2.05, 4.69) is 0 Å². The summed E-state index contributed by atoms with van der Waals surface area (Å²) in [4.78, 5) is -0.159. The Labute approximate surface area is 128 Å². The Morgan fingerprint density at radius 2 is 1.67 bits per heavy atom. The van der Waals surface area contributed by atoms with Crippen LogP contribution in [0.1, 0.15) is 11.1 Å². The van der Waals surface area contributed by atoms with Crippen LogP contribution >= 0.6 is 11.6 Å². The molecule has 2 aromatic rings. The first-order valence-electron chi connectivity index (χ1n) is 6.05. The van der Waals surface area contributed by atoms with Crippen LogP contribution in [0.4, 0.5) is 5.69 Å². The summed E-state index contributed by atoms with van der Waals surface area (Å²) < 4.78 is 28.8. The van der Waals surface area contributed by atoms with Crippen LogP contribution in [0, 0.1) is 13.8 Å². The summed E-state index contributed by atoms with van der Waals surface area (Å²) in [7, 11) is -3.94. The highest BCUT2D eigenvalue weighted by molar-refractivity contribution is 7.89. The summed E-state index contributed by atoms with van der Waals surface area (Å²) in [6, 6.07) is 7.71. The molecule has 0 aromatic heterocycles. The lowest BCUT2D eigenvalue weighted by Crippen LogP contribution is -2.13. The van der Waals surface area contributed by atoms with Crippen LogP contribution in [-0.2, 0) is 10.0 Å². The monoisotopic (exact) mass is 326 g/mol. The molecule has 0 fully saturated rings. The highest BCUT2D eigenvalue weighted by Gasteiger charge is 2.17. The van der Waals surface area contributed by atoms with Gasteiger partial charge < -0.3 is 10.5 Å². The molecule has 0 saturated heterocycles. The Bertz CT molecular complexity index is 781. The number of benzene rings is 2. The van der Waals surface area contributed by atoms with Gasteiger partial charge in [-0.15, -0.1) is 0 Å². The minimum absolute atomic E-state index is 0.118. The van der Waals surface area contributed by atoms with Crippen LogP contribution in [0.25, 0.3) is 0 Å². The van der Waals surface area contributed by atoms with Gasteiger partial charge in [0.1, 0.15) is 16.4 Å². The fourth-order valence-electron chi connectivity index (χ4n) is 1.92. The third-order valence-electron chi connectivity index (χ3n) is 2.91. The van der Waals surface area contributed by atoms with Crippen molar-refractivity contribution in [1.82, 2.24) is 0 Å². The fourth-order valence-corrected chi connectivity index (χ4v) is 2.72. The second kappa shape index (κ2) is 5.55. The highest BCUT2D eigenvalue weighted by Crippen LogP contribution is 2.33. The topological polar surface area (TPSA) is 95.4 Å². The second-order valence-corrected chi connectivity index (χ2v) is 6.63. The number of hydrogen-bond donors (Lipinski definition) is 2. The van der Waals surface area contributed by atoms with Crippen molar-refractivity contribution >= 4 is 27.3 Å². The average Bonchev–Trinajstić information content (AvgIpc) is 2.37. The first-order chi connectivity index (χ1) is 9.68. The maximum atomic E-state index is 11.6. The largest absolute Gasteiger partial charge is 0.456 e. The standard InChI is InChI=1S/C14H15ClN2O3S/c1-8-5-11(6-9(2)14(8)15)20-12-4-3-10(16)7-13(12)21(17,18)19/h3-7H,16H2,1-2H3,(H2,17,18,19). The summed E-state index contributed by atoms with van der Waals surface area (Å²) in [5, 5.41) is 5.82. The van der Waals surface area contributed by atoms with Crippen molar-refractivity contribution in [3.05, 3.63) is 46.5 Å². The van der Waals surface area contributed by atoms with E-state index < -0.39 is 10.0 Å². The van der Waals surface area contributed by atoms with Crippen LogP contribution in [0.3, 0.4) is 0 Å². The lowest BCUT2D eigenvalue weighted by atomic mass is 10.1. The van der Waals surface area contributed by atoms with Gasteiger partial charge in [0.15, 0.2) is 0 Å². The molecule has 0 aliphatic carbocycles. The molecule has 0 radical (unpaired) electrons. The Balaban J connectivity index is 2.50. The highest BCUT2D eigenvalue weighted by atomic mass is 35.5. The molecule has 2 aromatic carbocycles. The van der Waals surface area contributed by atoms with Crippen LogP contribution in [-0.4, -0.2) is 8.42 Å². The number of sulfonamides is 1. The van der Waals surface area contributed by atoms with Gasteiger partial charge in [0.25, 0.3) is 0 Å². The molecule has 0 spiro atoms. The van der Waals surface area contributed by atoms with Gasteiger partial charge in [-0.3, -0.25) is 0 Å². The molecule has 2 rings (SSSR count). The van der Waals surface area contributed by atoms with E-state index in [1.54, 1.807) is 18.2 Å². The van der Waals surface area contributed by atoms with Crippen molar-refractivity contribution in [2.45, 2.75) is 18.7 Å². The minimum atomic E-state index is -3.94. The summed E-state index contributed by atoms with van der Waals surface area (Å²) >= 11 is 6.09. The number of aryl methyl sites for hydroxylation is 2. The number of hydrogen-bond acceptors (Lipinski definition) is 4. The van der Waals surface area contributed by atoms with Gasteiger partial charge in [-0.1, -0.05) is 11.6 Å². The number of rotatable bonds is 3. The first kappa shape index (κ1) is 15.6. The fraction of sp³-hybridized carbons (Fsp3) is 0.143. The molecule has 0 aliphatic heterocycles. The van der Waals surface area contributed by atoms with E-state index in [0.29, 0.717) is 10.8 Å². The normalized spacial score (nSPS) is 11.4. The van der Waals surface area contributed by atoms with Crippen molar-refractivity contribution in [1.29, 1.82) is 0 Å². The van der Waals surface area contributed by atoms with Gasteiger partial charge >= 0.3 is 0 Å². The zero-order valence-corrected chi connectivity index (χ0v) is 13.1. The molecule has 7 heteroatoms. The van der Waals surface area contributed by atoms with Gasteiger partial charge in [-0.2, -0.15) is 0 Å². The van der Waals surface area contributed by atoms with Gasteiger partial charge in [0, 0.05) is 10.7 Å². The summed E-state index contributed by atoms with van der Waals surface area (Å²) in [6.07, 6.45) is 0. The zero-order chi connectivity index (χ0) is 15.8. The quantitative estimate of drug-likeness (QED) is 0.847. The van der Waals surface area contributed by atoms with Crippen LogP contribution < -0.4 is 15.6 Å². The maximum Gasteiger partial charge on any atom is 0.241 e. The SMILES string of the molecule is Cc1cc(Oc2ccc(N)cc2S(N)(=O)=O)cc(C)c1Cl. The van der Waals surface area contributed by atoms with Crippen LogP contribution in [0.2, 0.25) is 5.02 Å². The second-order valence-electron chi connectivity index (χ2n) is 4.72. The average molecular weight is 327 g/mol. The zero-order valence-electron chi connectivity index (χ0n) is 11.6. The molecule has 0 atom stereocenters. The lowest BCUT2D eigenvalue weighted by Gasteiger charge is -2.12. The number of primary sulfonamides is 1. The molecular formula is C14H15ClN2O3S. The van der Waals surface area contributed by atoms with Gasteiger partial charge in [-0.05, 0) is 55.3 Å². The molecule has 0 amide bonds. The van der Waals surface area contributed by atoms with Crippen molar-refractivity contribution in [3.8, 4) is 11.5 Å². The summed E-state index contributed by atoms with van der Waals surface area (Å²) in [5.74, 6) is 0.594. The molecule has 0 unspecified atom stereocenters. The summed E-state index contributed by atoms with van der Waals surface area (Å²) in [6.45, 7) is 3.68. The number of ether oxygens (including phenoxy) is 1. The van der Waals surface area contributed by atoms with Crippen molar-refractivity contribution in [2.75, 3.05) is 5.73 Å². The third kappa shape index (κ3) is 3.47. The smallest absolute Gasteiger partial charge is 0.241 e. The summed E-state index contributed by atoms with van der Waals surface area (Å²) in [5.41, 5.74) is 7.54. The van der Waals surface area contributed by atoms with Crippen molar-refractivity contribution in [3.63, 3.8) is 0 Å². The lowest BCUT2D eigenvalue weighted by molar-refractivity contribution is 0.467. The molecule has 4 N–H and O–H groups in total. The van der Waals surface area contributed by atoms with Gasteiger partial charge in [0.05, 0.1) is 0 Å². The molecule has 5 nitrogen and oxygen atoms in total. The van der Waals surface area contributed by atoms with Gasteiger partial charge in [0.2, 0.25) is 10.0 Å². The Morgan fingerprint density at radius 3 is 2.19 bits per heavy atom. The molecule has 21 heavy (non-hydrogen) atoms. The van der Waals surface area contributed by atoms with E-state index in [4.69, 9.17) is 27.2 Å². The minimum Gasteiger partial charge on any atom is -0.456 e. The molecule has 0 heterocycles. The van der Waals surface area contributed by atoms with Gasteiger partial charge in [-0.25, -0.2) is 13.6 Å². The van der Waals surface area contributed by atoms with Crippen molar-refractivity contribution < 1.29 is 13.2 Å². The number of anilines is 1. The van der Waals surface area contributed by atoms with Crippen molar-refractivity contribution in [2.24, 2.45) is 5.14 Å². The Hall–Kier alpha value is -1.76.